The van der Waals surface area contributed by atoms with Crippen molar-refractivity contribution in [2.24, 2.45) is 10.7 Å². The normalized spacial score (nSPS) is 11.4. The van der Waals surface area contributed by atoms with Gasteiger partial charge in [0.05, 0.1) is 0 Å². The molecule has 5 heteroatoms. The number of amides is 1. The Kier molecular flexibility index (Phi) is 9.19. The third-order valence-electron chi connectivity index (χ3n) is 2.44. The van der Waals surface area contributed by atoms with E-state index in [-0.39, 0.29) is 5.91 Å². The first-order valence-corrected chi connectivity index (χ1v) is 6.31. The molecule has 0 saturated heterocycles. The lowest BCUT2D eigenvalue weighted by Crippen LogP contribution is -2.35. The number of hydrogen-bond acceptors (Lipinski definition) is 2. The molecule has 1 amide bonds. The van der Waals surface area contributed by atoms with Gasteiger partial charge in [-0.1, -0.05) is 26.2 Å². The van der Waals surface area contributed by atoms with Crippen LogP contribution in [-0.4, -0.2) is 44.0 Å². The van der Waals surface area contributed by atoms with E-state index in [2.05, 4.69) is 17.2 Å². The molecule has 0 aromatic heterocycles. The molecule has 0 radical (unpaired) electrons. The maximum atomic E-state index is 11.3. The lowest BCUT2D eigenvalue weighted by atomic mass is 10.2. The Morgan fingerprint density at radius 3 is 2.59 bits per heavy atom. The molecule has 0 aromatic carbocycles. The van der Waals surface area contributed by atoms with Crippen molar-refractivity contribution in [2.75, 3.05) is 27.2 Å². The summed E-state index contributed by atoms with van der Waals surface area (Å²) in [6, 6.07) is 0. The van der Waals surface area contributed by atoms with E-state index < -0.39 is 0 Å². The van der Waals surface area contributed by atoms with E-state index in [0.29, 0.717) is 18.9 Å². The highest BCUT2D eigenvalue weighted by atomic mass is 16.2. The third kappa shape index (κ3) is 9.66. The van der Waals surface area contributed by atoms with Gasteiger partial charge >= 0.3 is 0 Å². The number of nitrogens with two attached hydrogens (primary N) is 1. The molecule has 5 nitrogen and oxygen atoms in total. The number of unbranched alkanes of at least 4 members (excludes halogenated alkanes) is 3. The summed E-state index contributed by atoms with van der Waals surface area (Å²) in [5.74, 6) is 0.529. The van der Waals surface area contributed by atoms with Gasteiger partial charge in [-0.2, -0.15) is 0 Å². The van der Waals surface area contributed by atoms with Crippen molar-refractivity contribution < 1.29 is 4.79 Å². The van der Waals surface area contributed by atoms with Crippen molar-refractivity contribution in [3.05, 3.63) is 0 Å². The van der Waals surface area contributed by atoms with E-state index in [9.17, 15) is 4.79 Å². The number of carbonyl (C=O) groups is 1. The molecular weight excluding hydrogens is 216 g/mol. The predicted octanol–water partition coefficient (Wildman–Crippen LogP) is 0.949. The molecular formula is C12H26N4O. The van der Waals surface area contributed by atoms with Crippen molar-refractivity contribution in [3.8, 4) is 0 Å². The molecule has 0 unspecified atom stereocenters. The highest BCUT2D eigenvalue weighted by molar-refractivity contribution is 5.79. The van der Waals surface area contributed by atoms with Crippen LogP contribution in [0.4, 0.5) is 0 Å². The van der Waals surface area contributed by atoms with Gasteiger partial charge < -0.3 is 16.0 Å². The van der Waals surface area contributed by atoms with Crippen LogP contribution < -0.4 is 11.1 Å². The van der Waals surface area contributed by atoms with Crippen LogP contribution in [-0.2, 0) is 4.79 Å². The fourth-order valence-electron chi connectivity index (χ4n) is 1.32. The lowest BCUT2D eigenvalue weighted by molar-refractivity contribution is -0.128. The van der Waals surface area contributed by atoms with Crippen LogP contribution in [0.2, 0.25) is 0 Å². The van der Waals surface area contributed by atoms with E-state index in [1.807, 2.05) is 0 Å². The number of hydrogen-bond donors (Lipinski definition) is 2. The number of nitrogens with one attached hydrogen (secondary N) is 1. The number of aliphatic imine (C=N–C) groups is 1. The van der Waals surface area contributed by atoms with E-state index in [1.54, 1.807) is 19.0 Å². The topological polar surface area (TPSA) is 70.7 Å². The van der Waals surface area contributed by atoms with Crippen LogP contribution in [0.1, 0.15) is 39.0 Å². The molecule has 0 bridgehead atoms. The van der Waals surface area contributed by atoms with Crippen LogP contribution in [0.15, 0.2) is 4.99 Å². The summed E-state index contributed by atoms with van der Waals surface area (Å²) in [7, 11) is 3.49. The van der Waals surface area contributed by atoms with Crippen LogP contribution >= 0.6 is 0 Å². The number of carbonyl (C=O) groups excluding carboxylic acids is 1. The smallest absolute Gasteiger partial charge is 0.223 e. The summed E-state index contributed by atoms with van der Waals surface area (Å²) in [5, 5.41) is 2.94. The molecule has 0 aromatic rings. The van der Waals surface area contributed by atoms with Crippen LogP contribution in [0.5, 0.6) is 0 Å². The minimum Gasteiger partial charge on any atom is -0.370 e. The molecule has 0 atom stereocenters. The summed E-state index contributed by atoms with van der Waals surface area (Å²) in [4.78, 5) is 17.0. The van der Waals surface area contributed by atoms with Gasteiger partial charge in [-0.25, -0.2) is 0 Å². The van der Waals surface area contributed by atoms with Gasteiger partial charge in [-0.15, -0.1) is 0 Å². The molecule has 0 fully saturated rings. The SMILES string of the molecule is CCCCCCN=C(N)NCCC(=O)N(C)C. The van der Waals surface area contributed by atoms with E-state index >= 15 is 0 Å². The maximum absolute atomic E-state index is 11.3. The lowest BCUT2D eigenvalue weighted by Gasteiger charge is -2.10. The average molecular weight is 242 g/mol. The van der Waals surface area contributed by atoms with E-state index in [4.69, 9.17) is 5.73 Å². The maximum Gasteiger partial charge on any atom is 0.223 e. The molecule has 3 N–H and O–H groups in total. The van der Waals surface area contributed by atoms with Gasteiger partial charge in [0, 0.05) is 33.6 Å². The van der Waals surface area contributed by atoms with E-state index in [0.717, 1.165) is 13.0 Å². The minimum absolute atomic E-state index is 0.0910. The number of nitrogens with zero attached hydrogens (tertiary/aromatic N) is 2. The first-order chi connectivity index (χ1) is 8.07. The summed E-state index contributed by atoms with van der Waals surface area (Å²) in [6.07, 6.45) is 5.20. The Bertz CT molecular complexity index is 239. The Balaban J connectivity index is 3.53. The molecule has 0 saturated carbocycles. The zero-order chi connectivity index (χ0) is 13.1. The highest BCUT2D eigenvalue weighted by Crippen LogP contribution is 1.98. The van der Waals surface area contributed by atoms with Crippen molar-refractivity contribution in [1.29, 1.82) is 0 Å². The molecule has 0 heterocycles. The highest BCUT2D eigenvalue weighted by Gasteiger charge is 2.02. The van der Waals surface area contributed by atoms with Crippen molar-refractivity contribution >= 4 is 11.9 Å². The molecule has 0 aliphatic carbocycles. The minimum atomic E-state index is 0.0910. The van der Waals surface area contributed by atoms with Gasteiger partial charge in [0.15, 0.2) is 5.96 Å². The van der Waals surface area contributed by atoms with Crippen molar-refractivity contribution in [3.63, 3.8) is 0 Å². The van der Waals surface area contributed by atoms with E-state index in [1.165, 1.54) is 19.3 Å². The number of guanidine groups is 1. The summed E-state index contributed by atoms with van der Waals surface area (Å²) in [6.45, 7) is 3.49. The number of rotatable bonds is 8. The van der Waals surface area contributed by atoms with Crippen molar-refractivity contribution in [1.82, 2.24) is 10.2 Å². The first kappa shape index (κ1) is 15.7. The Hall–Kier alpha value is -1.26. The van der Waals surface area contributed by atoms with Crippen LogP contribution in [0.3, 0.4) is 0 Å². The largest absolute Gasteiger partial charge is 0.370 e. The van der Waals surface area contributed by atoms with Crippen LogP contribution in [0, 0.1) is 0 Å². The molecule has 0 aliphatic heterocycles. The second-order valence-electron chi connectivity index (χ2n) is 4.29. The summed E-state index contributed by atoms with van der Waals surface area (Å²) < 4.78 is 0. The fourth-order valence-corrected chi connectivity index (χ4v) is 1.32. The Morgan fingerprint density at radius 1 is 1.29 bits per heavy atom. The van der Waals surface area contributed by atoms with Gasteiger partial charge in [0.1, 0.15) is 0 Å². The molecule has 17 heavy (non-hydrogen) atoms. The first-order valence-electron chi connectivity index (χ1n) is 6.31. The fraction of sp³-hybridized carbons (Fsp3) is 0.833. The van der Waals surface area contributed by atoms with Gasteiger partial charge in [-0.3, -0.25) is 9.79 Å². The van der Waals surface area contributed by atoms with Gasteiger partial charge in [0.25, 0.3) is 0 Å². The van der Waals surface area contributed by atoms with Crippen molar-refractivity contribution in [2.45, 2.75) is 39.0 Å². The average Bonchev–Trinajstić information content (AvgIpc) is 2.28. The molecule has 0 rings (SSSR count). The van der Waals surface area contributed by atoms with Gasteiger partial charge in [0.2, 0.25) is 5.91 Å². The summed E-state index contributed by atoms with van der Waals surface area (Å²) in [5.41, 5.74) is 5.66. The standard InChI is InChI=1S/C12H26N4O/c1-4-5-6-7-9-14-12(13)15-10-8-11(17)16(2)3/h4-10H2,1-3H3,(H3,13,14,15). The van der Waals surface area contributed by atoms with Crippen LogP contribution in [0.25, 0.3) is 0 Å². The Morgan fingerprint density at radius 2 is 2.00 bits per heavy atom. The van der Waals surface area contributed by atoms with Gasteiger partial charge in [-0.05, 0) is 6.42 Å². The summed E-state index contributed by atoms with van der Waals surface area (Å²) >= 11 is 0. The Labute approximate surface area is 104 Å². The molecule has 0 aliphatic rings. The third-order valence-corrected chi connectivity index (χ3v) is 2.44. The molecule has 0 spiro atoms. The second kappa shape index (κ2) is 9.93. The zero-order valence-electron chi connectivity index (χ0n) is 11.3. The quantitative estimate of drug-likeness (QED) is 0.378. The second-order valence-corrected chi connectivity index (χ2v) is 4.29. The molecule has 100 valence electrons. The predicted molar refractivity (Wildman–Crippen MR) is 71.9 cm³/mol. The zero-order valence-corrected chi connectivity index (χ0v) is 11.3. The monoisotopic (exact) mass is 242 g/mol.